The van der Waals surface area contributed by atoms with Gasteiger partial charge in [0.2, 0.25) is 0 Å². The third-order valence-electron chi connectivity index (χ3n) is 1.61. The highest BCUT2D eigenvalue weighted by Gasteiger charge is 2.13. The monoisotopic (exact) mass is 126 g/mol. The second-order valence-electron chi connectivity index (χ2n) is 2.28. The summed E-state index contributed by atoms with van der Waals surface area (Å²) in [5, 5.41) is 0. The van der Waals surface area contributed by atoms with E-state index in [-0.39, 0.29) is 5.78 Å². The first kappa shape index (κ1) is 6.49. The first-order valence-corrected chi connectivity index (χ1v) is 2.99. The van der Waals surface area contributed by atoms with Crippen LogP contribution in [-0.4, -0.2) is 19.0 Å². The fourth-order valence-electron chi connectivity index (χ4n) is 0.670. The van der Waals surface area contributed by atoms with E-state index in [0.29, 0.717) is 13.2 Å². The van der Waals surface area contributed by atoms with Crippen LogP contribution in [0.2, 0.25) is 0 Å². The zero-order chi connectivity index (χ0) is 6.85. The number of ketones is 1. The minimum Gasteiger partial charge on any atom is -0.373 e. The summed E-state index contributed by atoms with van der Waals surface area (Å²) in [5.41, 5.74) is 2.03. The van der Waals surface area contributed by atoms with Crippen molar-refractivity contribution < 1.29 is 9.53 Å². The first-order valence-electron chi connectivity index (χ1n) is 2.99. The number of rotatable bonds is 1. The van der Waals surface area contributed by atoms with Crippen molar-refractivity contribution in [3.05, 3.63) is 11.1 Å². The van der Waals surface area contributed by atoms with Crippen molar-refractivity contribution in [3.8, 4) is 0 Å². The number of ether oxygens (including phenoxy) is 1. The lowest BCUT2D eigenvalue weighted by molar-refractivity contribution is -0.113. The minimum absolute atomic E-state index is 0.160. The second-order valence-corrected chi connectivity index (χ2v) is 2.28. The molecule has 0 spiro atoms. The van der Waals surface area contributed by atoms with Gasteiger partial charge < -0.3 is 4.74 Å². The molecule has 2 nitrogen and oxygen atoms in total. The first-order chi connectivity index (χ1) is 4.22. The molecule has 50 valence electrons. The maximum atomic E-state index is 10.7. The molecule has 1 fully saturated rings. The van der Waals surface area contributed by atoms with E-state index in [2.05, 4.69) is 0 Å². The molecule has 0 bridgehead atoms. The Kier molecular flexibility index (Phi) is 1.67. The number of carbonyl (C=O) groups excluding carboxylic acids is 1. The van der Waals surface area contributed by atoms with E-state index >= 15 is 0 Å². The molecule has 0 aromatic rings. The Morgan fingerprint density at radius 1 is 1.44 bits per heavy atom. The molecule has 0 N–H and O–H groups in total. The summed E-state index contributed by atoms with van der Waals surface area (Å²) in [6, 6.07) is 0. The highest BCUT2D eigenvalue weighted by molar-refractivity contribution is 5.93. The summed E-state index contributed by atoms with van der Waals surface area (Å²) < 4.78 is 4.90. The molecule has 0 aromatic carbocycles. The van der Waals surface area contributed by atoms with Crippen LogP contribution < -0.4 is 0 Å². The van der Waals surface area contributed by atoms with E-state index < -0.39 is 0 Å². The highest BCUT2D eigenvalue weighted by Crippen LogP contribution is 2.13. The van der Waals surface area contributed by atoms with E-state index in [4.69, 9.17) is 4.74 Å². The van der Waals surface area contributed by atoms with Crippen molar-refractivity contribution in [1.82, 2.24) is 0 Å². The molecule has 0 atom stereocenters. The average molecular weight is 126 g/mol. The van der Waals surface area contributed by atoms with Gasteiger partial charge in [0, 0.05) is 0 Å². The van der Waals surface area contributed by atoms with Crippen LogP contribution in [0, 0.1) is 0 Å². The Morgan fingerprint density at radius 3 is 2.11 bits per heavy atom. The summed E-state index contributed by atoms with van der Waals surface area (Å²) in [6.45, 7) is 4.75. The van der Waals surface area contributed by atoms with Gasteiger partial charge in [-0.3, -0.25) is 4.79 Å². The largest absolute Gasteiger partial charge is 0.373 e. The average Bonchev–Trinajstić information content (AvgIpc) is 1.60. The maximum Gasteiger partial charge on any atom is 0.155 e. The van der Waals surface area contributed by atoms with Gasteiger partial charge in [0.15, 0.2) is 5.78 Å². The van der Waals surface area contributed by atoms with Crippen molar-refractivity contribution >= 4 is 5.78 Å². The van der Waals surface area contributed by atoms with Crippen LogP contribution in [0.1, 0.15) is 13.8 Å². The Balaban J connectivity index is 2.67. The van der Waals surface area contributed by atoms with Gasteiger partial charge in [0.25, 0.3) is 0 Å². The molecule has 0 aromatic heterocycles. The standard InChI is InChI=1S/C7H10O2/c1-5(6(2)8)7-3-9-4-7/h3-4H2,1-2H3. The van der Waals surface area contributed by atoms with Crippen molar-refractivity contribution in [3.63, 3.8) is 0 Å². The van der Waals surface area contributed by atoms with Gasteiger partial charge in [-0.1, -0.05) is 0 Å². The third-order valence-corrected chi connectivity index (χ3v) is 1.61. The van der Waals surface area contributed by atoms with Gasteiger partial charge in [0.05, 0.1) is 13.2 Å². The zero-order valence-electron chi connectivity index (χ0n) is 5.73. The molecule has 0 saturated carbocycles. The van der Waals surface area contributed by atoms with Crippen LogP contribution >= 0.6 is 0 Å². The van der Waals surface area contributed by atoms with Crippen molar-refractivity contribution in [1.29, 1.82) is 0 Å². The number of carbonyl (C=O) groups is 1. The Labute approximate surface area is 54.5 Å². The van der Waals surface area contributed by atoms with Crippen LogP contribution in [-0.2, 0) is 9.53 Å². The van der Waals surface area contributed by atoms with Crippen LogP contribution in [0.4, 0.5) is 0 Å². The normalized spacial score (nSPS) is 16.9. The van der Waals surface area contributed by atoms with E-state index in [1.165, 1.54) is 0 Å². The molecule has 2 heteroatoms. The van der Waals surface area contributed by atoms with Gasteiger partial charge in [-0.15, -0.1) is 0 Å². The molecular weight excluding hydrogens is 116 g/mol. The van der Waals surface area contributed by atoms with Gasteiger partial charge in [0.1, 0.15) is 0 Å². The Hall–Kier alpha value is -0.630. The number of allylic oxidation sites excluding steroid dienone is 1. The quantitative estimate of drug-likeness (QED) is 0.488. The van der Waals surface area contributed by atoms with Crippen molar-refractivity contribution in [2.45, 2.75) is 13.8 Å². The summed E-state index contributed by atoms with van der Waals surface area (Å²) in [7, 11) is 0. The molecule has 0 radical (unpaired) electrons. The van der Waals surface area contributed by atoms with E-state index in [9.17, 15) is 4.79 Å². The molecule has 1 rings (SSSR count). The highest BCUT2D eigenvalue weighted by atomic mass is 16.5. The molecule has 1 aliphatic heterocycles. The second kappa shape index (κ2) is 2.31. The number of hydrogen-bond acceptors (Lipinski definition) is 2. The summed E-state index contributed by atoms with van der Waals surface area (Å²) in [5.74, 6) is 0.160. The van der Waals surface area contributed by atoms with Crippen LogP contribution in [0.5, 0.6) is 0 Å². The fourth-order valence-corrected chi connectivity index (χ4v) is 0.670. The lowest BCUT2D eigenvalue weighted by atomic mass is 10.1. The molecule has 0 aliphatic carbocycles. The lowest BCUT2D eigenvalue weighted by Gasteiger charge is -2.19. The summed E-state index contributed by atoms with van der Waals surface area (Å²) in [6.07, 6.45) is 0. The van der Waals surface area contributed by atoms with E-state index in [1.54, 1.807) is 6.92 Å². The summed E-state index contributed by atoms with van der Waals surface area (Å²) >= 11 is 0. The predicted octanol–water partition coefficient (Wildman–Crippen LogP) is 0.922. The van der Waals surface area contributed by atoms with Gasteiger partial charge >= 0.3 is 0 Å². The Bertz CT molecular complexity index is 162. The molecule has 9 heavy (non-hydrogen) atoms. The molecule has 0 amide bonds. The lowest BCUT2D eigenvalue weighted by Crippen LogP contribution is -2.19. The number of Topliss-reactive ketones (excluding diaryl/α,β-unsaturated/α-hetero) is 1. The number of hydrogen-bond donors (Lipinski definition) is 0. The predicted molar refractivity (Wildman–Crippen MR) is 34.2 cm³/mol. The maximum absolute atomic E-state index is 10.7. The molecule has 1 saturated heterocycles. The van der Waals surface area contributed by atoms with Crippen LogP contribution in [0.3, 0.4) is 0 Å². The fraction of sp³-hybridized carbons (Fsp3) is 0.571. The Morgan fingerprint density at radius 2 is 2.00 bits per heavy atom. The van der Waals surface area contributed by atoms with Crippen LogP contribution in [0.25, 0.3) is 0 Å². The molecular formula is C7H10O2. The SMILES string of the molecule is CC(=O)C(C)=C1COC1. The summed E-state index contributed by atoms with van der Waals surface area (Å²) in [4.78, 5) is 10.7. The molecule has 0 unspecified atom stereocenters. The van der Waals surface area contributed by atoms with Gasteiger partial charge in [-0.2, -0.15) is 0 Å². The van der Waals surface area contributed by atoms with Crippen molar-refractivity contribution in [2.75, 3.05) is 13.2 Å². The zero-order valence-corrected chi connectivity index (χ0v) is 5.73. The van der Waals surface area contributed by atoms with E-state index in [1.807, 2.05) is 6.92 Å². The minimum atomic E-state index is 0.160. The molecule has 1 heterocycles. The topological polar surface area (TPSA) is 26.3 Å². The van der Waals surface area contributed by atoms with Gasteiger partial charge in [-0.05, 0) is 25.0 Å². The van der Waals surface area contributed by atoms with E-state index in [0.717, 1.165) is 11.1 Å². The molecule has 1 aliphatic rings. The van der Waals surface area contributed by atoms with Crippen molar-refractivity contribution in [2.24, 2.45) is 0 Å². The van der Waals surface area contributed by atoms with Gasteiger partial charge in [-0.25, -0.2) is 0 Å². The third kappa shape index (κ3) is 1.19. The smallest absolute Gasteiger partial charge is 0.155 e. The van der Waals surface area contributed by atoms with Crippen LogP contribution in [0.15, 0.2) is 11.1 Å².